The zero-order chi connectivity index (χ0) is 30.3. The molecule has 1 aliphatic rings. The number of nitrogens with zero attached hydrogens (tertiary/aromatic N) is 1. The molecule has 0 heterocycles. The van der Waals surface area contributed by atoms with Gasteiger partial charge >= 0.3 is 12.1 Å². The number of hydrogen-bond donors (Lipinski definition) is 0. The third-order valence-electron chi connectivity index (χ3n) is 7.07. The van der Waals surface area contributed by atoms with Crippen LogP contribution in [0.1, 0.15) is 58.9 Å². The third-order valence-corrected chi connectivity index (χ3v) is 7.07. The van der Waals surface area contributed by atoms with E-state index in [1.807, 2.05) is 0 Å². The second kappa shape index (κ2) is 13.9. The molecule has 1 saturated carbocycles. The highest BCUT2D eigenvalue weighted by Gasteiger charge is 2.37. The Hall–Kier alpha value is -3.51. The Bertz CT molecular complexity index is 1240. The lowest BCUT2D eigenvalue weighted by Gasteiger charge is -2.36. The maximum Gasteiger partial charge on any atom is 0.420 e. The van der Waals surface area contributed by atoms with Gasteiger partial charge in [-0.2, -0.15) is 13.2 Å². The Morgan fingerprint density at radius 3 is 2.17 bits per heavy atom. The van der Waals surface area contributed by atoms with Gasteiger partial charge in [0.15, 0.2) is 11.6 Å². The molecule has 0 N–H and O–H groups in total. The van der Waals surface area contributed by atoms with Gasteiger partial charge in [-0.1, -0.05) is 6.92 Å². The van der Waals surface area contributed by atoms with E-state index in [1.165, 1.54) is 19.1 Å². The fourth-order valence-corrected chi connectivity index (χ4v) is 4.92. The molecule has 0 spiro atoms. The van der Waals surface area contributed by atoms with Crippen molar-refractivity contribution >= 4 is 23.9 Å². The summed E-state index contributed by atoms with van der Waals surface area (Å²) in [5, 5.41) is 0. The molecule has 0 unspecified atom stereocenters. The summed E-state index contributed by atoms with van der Waals surface area (Å²) in [4.78, 5) is 39.1. The number of alkyl halides is 3. The van der Waals surface area contributed by atoms with Gasteiger partial charge in [-0.25, -0.2) is 9.18 Å². The van der Waals surface area contributed by atoms with Crippen molar-refractivity contribution in [1.29, 1.82) is 0 Å². The van der Waals surface area contributed by atoms with E-state index in [1.54, 1.807) is 0 Å². The molecule has 0 aromatic heterocycles. The standard InChI is InChI=1S/C29H33F4NO7/c1-17-5-8-19(9-6-17)27(36)34(20(15-38-2)16-39-3)24-13-23(30)26(12-21(24)28(37)40-4)41-25-10-7-18(14-35)11-22(25)29(31,32)33/h7,10-14,17,19-20H,5-6,8-9,15-16H2,1-4H3/t17-,19-. The molecule has 0 radical (unpaired) electrons. The van der Waals surface area contributed by atoms with Crippen molar-refractivity contribution < 1.29 is 50.9 Å². The predicted molar refractivity (Wildman–Crippen MR) is 141 cm³/mol. The van der Waals surface area contributed by atoms with Crippen LogP contribution in [0.15, 0.2) is 30.3 Å². The van der Waals surface area contributed by atoms with Crippen LogP contribution in [0.4, 0.5) is 23.2 Å². The molecule has 12 heteroatoms. The Balaban J connectivity index is 2.16. The molecule has 3 rings (SSSR count). The minimum absolute atomic E-state index is 0.0127. The number of methoxy groups -OCH3 is 3. The number of benzene rings is 2. The van der Waals surface area contributed by atoms with Gasteiger partial charge in [0.25, 0.3) is 0 Å². The summed E-state index contributed by atoms with van der Waals surface area (Å²) >= 11 is 0. The molecule has 224 valence electrons. The van der Waals surface area contributed by atoms with E-state index in [2.05, 4.69) is 6.92 Å². The van der Waals surface area contributed by atoms with Crippen molar-refractivity contribution in [3.8, 4) is 11.5 Å². The summed E-state index contributed by atoms with van der Waals surface area (Å²) in [5.41, 5.74) is -2.04. The summed E-state index contributed by atoms with van der Waals surface area (Å²) in [7, 11) is 3.91. The summed E-state index contributed by atoms with van der Waals surface area (Å²) in [5.74, 6) is -3.93. The molecule has 1 fully saturated rings. The largest absolute Gasteiger partial charge is 0.465 e. The maximum atomic E-state index is 15.6. The molecule has 41 heavy (non-hydrogen) atoms. The van der Waals surface area contributed by atoms with Gasteiger partial charge in [-0.3, -0.25) is 9.59 Å². The average molecular weight is 584 g/mol. The smallest absolute Gasteiger partial charge is 0.420 e. The van der Waals surface area contributed by atoms with E-state index in [0.717, 1.165) is 44.2 Å². The molecule has 2 aromatic carbocycles. The minimum atomic E-state index is -4.93. The summed E-state index contributed by atoms with van der Waals surface area (Å²) in [6.45, 7) is 2.07. The average Bonchev–Trinajstić information content (AvgIpc) is 2.94. The number of rotatable bonds is 11. The predicted octanol–water partition coefficient (Wildman–Crippen LogP) is 6.06. The first kappa shape index (κ1) is 32.0. The quantitative estimate of drug-likeness (QED) is 0.181. The summed E-state index contributed by atoms with van der Waals surface area (Å²) in [6.07, 6.45) is -1.87. The number of aldehydes is 1. The van der Waals surface area contributed by atoms with E-state index in [9.17, 15) is 27.6 Å². The first-order valence-electron chi connectivity index (χ1n) is 13.0. The lowest BCUT2D eigenvalue weighted by molar-refractivity contribution is -0.138. The fourth-order valence-electron chi connectivity index (χ4n) is 4.92. The zero-order valence-electron chi connectivity index (χ0n) is 23.3. The van der Waals surface area contributed by atoms with Gasteiger partial charge in [-0.15, -0.1) is 0 Å². The SMILES string of the molecule is COCC(COC)N(c1cc(F)c(Oc2ccc(C=O)cc2C(F)(F)F)cc1C(=O)OC)C(=O)[C@H]1CC[C@H](C)CC1. The highest BCUT2D eigenvalue weighted by atomic mass is 19.4. The van der Waals surface area contributed by atoms with Crippen molar-refractivity contribution in [2.24, 2.45) is 11.8 Å². The van der Waals surface area contributed by atoms with Gasteiger partial charge in [0, 0.05) is 37.8 Å². The van der Waals surface area contributed by atoms with Crippen LogP contribution in [0.25, 0.3) is 0 Å². The lowest BCUT2D eigenvalue weighted by atomic mass is 9.82. The van der Waals surface area contributed by atoms with Crippen LogP contribution in [0, 0.1) is 17.7 Å². The topological polar surface area (TPSA) is 91.4 Å². The maximum absolute atomic E-state index is 15.6. The van der Waals surface area contributed by atoms with Crippen LogP contribution >= 0.6 is 0 Å². The van der Waals surface area contributed by atoms with E-state index >= 15 is 4.39 Å². The Labute approximate surface area is 235 Å². The zero-order valence-corrected chi connectivity index (χ0v) is 23.3. The van der Waals surface area contributed by atoms with Gasteiger partial charge in [0.1, 0.15) is 12.0 Å². The lowest BCUT2D eigenvalue weighted by Crippen LogP contribution is -2.49. The first-order chi connectivity index (χ1) is 19.4. The van der Waals surface area contributed by atoms with Gasteiger partial charge in [0.2, 0.25) is 5.91 Å². The van der Waals surface area contributed by atoms with E-state index in [4.69, 9.17) is 18.9 Å². The number of carbonyl (C=O) groups excluding carboxylic acids is 3. The van der Waals surface area contributed by atoms with Crippen molar-refractivity contribution in [1.82, 2.24) is 0 Å². The second-order valence-corrected chi connectivity index (χ2v) is 9.99. The van der Waals surface area contributed by atoms with E-state index < -0.39 is 47.0 Å². The van der Waals surface area contributed by atoms with Crippen LogP contribution in [-0.2, 0) is 25.2 Å². The van der Waals surface area contributed by atoms with Crippen molar-refractivity contribution in [3.63, 3.8) is 0 Å². The van der Waals surface area contributed by atoms with Crippen LogP contribution in [0.2, 0.25) is 0 Å². The number of esters is 1. The van der Waals surface area contributed by atoms with Crippen molar-refractivity contribution in [2.45, 2.75) is 44.8 Å². The monoisotopic (exact) mass is 583 g/mol. The minimum Gasteiger partial charge on any atom is -0.465 e. The molecule has 0 aliphatic heterocycles. The number of amides is 1. The number of ether oxygens (including phenoxy) is 4. The number of hydrogen-bond acceptors (Lipinski definition) is 7. The van der Waals surface area contributed by atoms with Crippen molar-refractivity contribution in [2.75, 3.05) is 39.4 Å². The van der Waals surface area contributed by atoms with Gasteiger partial charge in [0.05, 0.1) is 43.2 Å². The molecule has 8 nitrogen and oxygen atoms in total. The molecule has 1 aliphatic carbocycles. The highest BCUT2D eigenvalue weighted by Crippen LogP contribution is 2.41. The van der Waals surface area contributed by atoms with Crippen molar-refractivity contribution in [3.05, 3.63) is 52.8 Å². The fraction of sp³-hybridized carbons (Fsp3) is 0.483. The molecular weight excluding hydrogens is 550 g/mol. The molecule has 0 atom stereocenters. The number of anilines is 1. The van der Waals surface area contributed by atoms with Gasteiger partial charge < -0.3 is 23.8 Å². The Morgan fingerprint density at radius 1 is 1.00 bits per heavy atom. The third kappa shape index (κ3) is 7.62. The number of halogens is 4. The van der Waals surface area contributed by atoms with Crippen LogP contribution in [-0.4, -0.2) is 58.7 Å². The molecule has 1 amide bonds. The van der Waals surface area contributed by atoms with Gasteiger partial charge in [-0.05, 0) is 49.8 Å². The molecule has 2 aromatic rings. The summed E-state index contributed by atoms with van der Waals surface area (Å²) in [6, 6.07) is 3.52. The highest BCUT2D eigenvalue weighted by molar-refractivity contribution is 6.04. The normalized spacial score (nSPS) is 17.3. The van der Waals surface area contributed by atoms with E-state index in [0.29, 0.717) is 24.8 Å². The van der Waals surface area contributed by atoms with Crippen LogP contribution in [0.3, 0.4) is 0 Å². The van der Waals surface area contributed by atoms with Crippen LogP contribution < -0.4 is 9.64 Å². The Morgan fingerprint density at radius 2 is 1.63 bits per heavy atom. The molecule has 0 saturated heterocycles. The Kier molecular flexibility index (Phi) is 10.9. The second-order valence-electron chi connectivity index (χ2n) is 9.99. The first-order valence-corrected chi connectivity index (χ1v) is 13.0. The van der Waals surface area contributed by atoms with E-state index in [-0.39, 0.29) is 42.2 Å². The molecule has 0 bridgehead atoms. The molecular formula is C29H33F4NO7. The number of carbonyl (C=O) groups is 3. The van der Waals surface area contributed by atoms with Crippen LogP contribution in [0.5, 0.6) is 11.5 Å². The summed E-state index contributed by atoms with van der Waals surface area (Å²) < 4.78 is 77.5.